The summed E-state index contributed by atoms with van der Waals surface area (Å²) in [5.74, 6) is 0.482. The molecule has 6 heteroatoms. The molecule has 0 atom stereocenters. The van der Waals surface area contributed by atoms with E-state index in [2.05, 4.69) is 4.98 Å². The van der Waals surface area contributed by atoms with Crippen LogP contribution in [0.1, 0.15) is 11.1 Å². The summed E-state index contributed by atoms with van der Waals surface area (Å²) in [5.41, 5.74) is 5.35. The SMILES string of the molecule is NC=CCc1cncc(Oc2cccc(C(F)(F)F)c2)c1. The third-order valence-corrected chi connectivity index (χ3v) is 2.66. The Balaban J connectivity index is 2.18. The van der Waals surface area contributed by atoms with E-state index in [4.69, 9.17) is 10.5 Å². The van der Waals surface area contributed by atoms with Gasteiger partial charge >= 0.3 is 6.18 Å². The van der Waals surface area contributed by atoms with E-state index in [1.165, 1.54) is 24.5 Å². The second-order valence-corrected chi connectivity index (χ2v) is 4.29. The van der Waals surface area contributed by atoms with Gasteiger partial charge in [-0.25, -0.2) is 0 Å². The molecule has 0 radical (unpaired) electrons. The number of halogens is 3. The monoisotopic (exact) mass is 294 g/mol. The van der Waals surface area contributed by atoms with Crippen molar-refractivity contribution in [1.29, 1.82) is 0 Å². The predicted octanol–water partition coefficient (Wildman–Crippen LogP) is 3.91. The Morgan fingerprint density at radius 2 is 1.95 bits per heavy atom. The van der Waals surface area contributed by atoms with Crippen LogP contribution in [0.4, 0.5) is 13.2 Å². The molecule has 1 heterocycles. The topological polar surface area (TPSA) is 48.1 Å². The lowest BCUT2D eigenvalue weighted by Gasteiger charge is -2.10. The van der Waals surface area contributed by atoms with E-state index in [0.717, 1.165) is 17.7 Å². The van der Waals surface area contributed by atoms with Crippen LogP contribution in [0.25, 0.3) is 0 Å². The van der Waals surface area contributed by atoms with Gasteiger partial charge in [0.15, 0.2) is 0 Å². The summed E-state index contributed by atoms with van der Waals surface area (Å²) in [4.78, 5) is 3.98. The molecule has 0 bridgehead atoms. The van der Waals surface area contributed by atoms with E-state index in [9.17, 15) is 13.2 Å². The van der Waals surface area contributed by atoms with Gasteiger partial charge in [0.1, 0.15) is 11.5 Å². The average molecular weight is 294 g/mol. The Morgan fingerprint density at radius 3 is 2.67 bits per heavy atom. The predicted molar refractivity (Wildman–Crippen MR) is 72.8 cm³/mol. The zero-order valence-electron chi connectivity index (χ0n) is 11.0. The van der Waals surface area contributed by atoms with Crippen molar-refractivity contribution in [3.63, 3.8) is 0 Å². The van der Waals surface area contributed by atoms with Crippen molar-refractivity contribution in [3.05, 3.63) is 66.1 Å². The molecule has 1 aromatic carbocycles. The van der Waals surface area contributed by atoms with Crippen LogP contribution in [0.3, 0.4) is 0 Å². The molecule has 2 N–H and O–H groups in total. The fraction of sp³-hybridized carbons (Fsp3) is 0.133. The normalized spacial score (nSPS) is 11.8. The molecule has 0 saturated heterocycles. The van der Waals surface area contributed by atoms with Crippen LogP contribution in [0, 0.1) is 0 Å². The van der Waals surface area contributed by atoms with E-state index in [1.807, 2.05) is 0 Å². The molecule has 0 fully saturated rings. The Hall–Kier alpha value is -2.50. The van der Waals surface area contributed by atoms with Crippen molar-refractivity contribution < 1.29 is 17.9 Å². The summed E-state index contributed by atoms with van der Waals surface area (Å²) in [7, 11) is 0. The minimum atomic E-state index is -4.40. The molecular formula is C15H13F3N2O. The molecule has 1 aromatic heterocycles. The number of ether oxygens (including phenoxy) is 1. The van der Waals surface area contributed by atoms with Gasteiger partial charge in [-0.05, 0) is 42.4 Å². The van der Waals surface area contributed by atoms with Crippen LogP contribution in [-0.2, 0) is 12.6 Å². The maximum atomic E-state index is 12.6. The first kappa shape index (κ1) is 14.9. The Kier molecular flexibility index (Phi) is 4.47. The maximum absolute atomic E-state index is 12.6. The van der Waals surface area contributed by atoms with Crippen LogP contribution < -0.4 is 10.5 Å². The third kappa shape index (κ3) is 4.24. The highest BCUT2D eigenvalue weighted by molar-refractivity contribution is 5.35. The van der Waals surface area contributed by atoms with E-state index in [-0.39, 0.29) is 5.75 Å². The fourth-order valence-electron chi connectivity index (χ4n) is 1.71. The lowest BCUT2D eigenvalue weighted by atomic mass is 10.2. The molecule has 21 heavy (non-hydrogen) atoms. The number of pyridine rings is 1. The molecular weight excluding hydrogens is 281 g/mol. The van der Waals surface area contributed by atoms with Gasteiger partial charge in [0.2, 0.25) is 0 Å². The number of allylic oxidation sites excluding steroid dienone is 1. The van der Waals surface area contributed by atoms with Crippen molar-refractivity contribution in [2.45, 2.75) is 12.6 Å². The molecule has 0 aliphatic rings. The summed E-state index contributed by atoms with van der Waals surface area (Å²) < 4.78 is 43.3. The molecule has 0 aliphatic carbocycles. The highest BCUT2D eigenvalue weighted by Crippen LogP contribution is 2.32. The van der Waals surface area contributed by atoms with E-state index in [1.54, 1.807) is 18.3 Å². The van der Waals surface area contributed by atoms with Gasteiger partial charge in [0.05, 0.1) is 11.8 Å². The number of nitrogens with two attached hydrogens (primary N) is 1. The van der Waals surface area contributed by atoms with Crippen LogP contribution in [-0.4, -0.2) is 4.98 Å². The van der Waals surface area contributed by atoms with Gasteiger partial charge in [-0.15, -0.1) is 0 Å². The van der Waals surface area contributed by atoms with Crippen molar-refractivity contribution in [2.75, 3.05) is 0 Å². The van der Waals surface area contributed by atoms with E-state index < -0.39 is 11.7 Å². The van der Waals surface area contributed by atoms with Crippen molar-refractivity contribution in [2.24, 2.45) is 5.73 Å². The highest BCUT2D eigenvalue weighted by atomic mass is 19.4. The van der Waals surface area contributed by atoms with Crippen LogP contribution in [0.2, 0.25) is 0 Å². The molecule has 2 rings (SSSR count). The summed E-state index contributed by atoms with van der Waals surface area (Å²) in [6.45, 7) is 0. The molecule has 2 aromatic rings. The van der Waals surface area contributed by atoms with E-state index in [0.29, 0.717) is 12.2 Å². The van der Waals surface area contributed by atoms with Gasteiger partial charge in [-0.2, -0.15) is 13.2 Å². The third-order valence-electron chi connectivity index (χ3n) is 2.66. The van der Waals surface area contributed by atoms with Crippen LogP contribution >= 0.6 is 0 Å². The Labute approximate surface area is 119 Å². The van der Waals surface area contributed by atoms with Gasteiger partial charge in [-0.1, -0.05) is 12.1 Å². The summed E-state index contributed by atoms with van der Waals surface area (Å²) in [5, 5.41) is 0. The maximum Gasteiger partial charge on any atom is 0.416 e. The smallest absolute Gasteiger partial charge is 0.416 e. The van der Waals surface area contributed by atoms with Crippen molar-refractivity contribution >= 4 is 0 Å². The first-order valence-corrected chi connectivity index (χ1v) is 6.15. The van der Waals surface area contributed by atoms with Crippen molar-refractivity contribution in [3.8, 4) is 11.5 Å². The lowest BCUT2D eigenvalue weighted by Crippen LogP contribution is -2.04. The van der Waals surface area contributed by atoms with Crippen LogP contribution in [0.15, 0.2) is 55.0 Å². The lowest BCUT2D eigenvalue weighted by molar-refractivity contribution is -0.137. The number of aromatic nitrogens is 1. The number of alkyl halides is 3. The summed E-state index contributed by atoms with van der Waals surface area (Å²) >= 11 is 0. The Bertz CT molecular complexity index is 639. The molecule has 0 spiro atoms. The minimum Gasteiger partial charge on any atom is -0.456 e. The van der Waals surface area contributed by atoms with Gasteiger partial charge in [0, 0.05) is 6.20 Å². The minimum absolute atomic E-state index is 0.109. The second-order valence-electron chi connectivity index (χ2n) is 4.29. The average Bonchev–Trinajstić information content (AvgIpc) is 2.45. The summed E-state index contributed by atoms with van der Waals surface area (Å²) in [6, 6.07) is 6.40. The van der Waals surface area contributed by atoms with Gasteiger partial charge in [-0.3, -0.25) is 4.98 Å². The van der Waals surface area contributed by atoms with Crippen molar-refractivity contribution in [1.82, 2.24) is 4.98 Å². The molecule has 0 aliphatic heterocycles. The Morgan fingerprint density at radius 1 is 1.14 bits per heavy atom. The fourth-order valence-corrected chi connectivity index (χ4v) is 1.71. The zero-order valence-corrected chi connectivity index (χ0v) is 11.0. The molecule has 110 valence electrons. The highest BCUT2D eigenvalue weighted by Gasteiger charge is 2.30. The molecule has 0 amide bonds. The standard InChI is InChI=1S/C15H13F3N2O/c16-15(17,18)12-4-1-5-13(8-12)21-14-7-11(3-2-6-19)9-20-10-14/h1-2,4-10H,3,19H2. The quantitative estimate of drug-likeness (QED) is 0.930. The number of benzene rings is 1. The molecule has 3 nitrogen and oxygen atoms in total. The van der Waals surface area contributed by atoms with Crippen LogP contribution in [0.5, 0.6) is 11.5 Å². The van der Waals surface area contributed by atoms with Gasteiger partial charge < -0.3 is 10.5 Å². The first-order valence-electron chi connectivity index (χ1n) is 6.15. The zero-order chi connectivity index (χ0) is 15.3. The first-order chi connectivity index (χ1) is 9.99. The number of nitrogens with zero attached hydrogens (tertiary/aromatic N) is 1. The van der Waals surface area contributed by atoms with E-state index >= 15 is 0 Å². The molecule has 0 unspecified atom stereocenters. The number of rotatable bonds is 4. The second kappa shape index (κ2) is 6.30. The van der Waals surface area contributed by atoms with Gasteiger partial charge in [0.25, 0.3) is 0 Å². The summed E-state index contributed by atoms with van der Waals surface area (Å²) in [6.07, 6.45) is 2.41. The number of hydrogen-bond acceptors (Lipinski definition) is 3. The number of hydrogen-bond donors (Lipinski definition) is 1. The molecule has 0 saturated carbocycles. The largest absolute Gasteiger partial charge is 0.456 e.